The first-order valence-electron chi connectivity index (χ1n) is 0.612. The number of hydrogen-bond donors (Lipinski definition) is 0. The predicted molar refractivity (Wildman–Crippen MR) is 19.7 cm³/mol. The van der Waals surface area contributed by atoms with E-state index in [9.17, 15) is 0 Å². The zero-order valence-electron chi connectivity index (χ0n) is 3.14. The average Bonchev–Trinajstić information content (AvgIpc) is 0.811. The third-order valence-electron chi connectivity index (χ3n) is 0. The molecule has 0 aliphatic heterocycles. The van der Waals surface area contributed by atoms with Gasteiger partial charge in [-0.1, -0.05) is 0 Å². The molecule has 0 aliphatic rings. The first-order chi connectivity index (χ1) is 1.73. The Morgan fingerprint density at radius 1 is 1.33 bits per heavy atom. The minimum atomic E-state index is -2.33. The van der Waals surface area contributed by atoms with Gasteiger partial charge in [0, 0.05) is 0 Å². The fourth-order valence-corrected chi connectivity index (χ4v) is 0. The van der Waals surface area contributed by atoms with Crippen molar-refractivity contribution < 1.29 is 15.0 Å². The Morgan fingerprint density at radius 3 is 1.33 bits per heavy atom. The average molecular weight is 309 g/mol. The van der Waals surface area contributed by atoms with E-state index in [0.29, 0.717) is 0 Å². The zero-order valence-corrected chi connectivity index (χ0v) is 10.8. The first kappa shape index (κ1) is 15.7. The van der Waals surface area contributed by atoms with Crippen LogP contribution in [-0.4, -0.2) is 71.2 Å². The van der Waals surface area contributed by atoms with E-state index in [1.807, 2.05) is 0 Å². The molecule has 6 heavy (non-hydrogen) atoms. The van der Waals surface area contributed by atoms with Crippen LogP contribution < -0.4 is 10.2 Å². The Morgan fingerprint density at radius 2 is 1.33 bits per heavy atom. The van der Waals surface area contributed by atoms with E-state index in [4.69, 9.17) is 15.0 Å². The van der Waals surface area contributed by atoms with E-state index in [0.717, 1.165) is 0 Å². The Kier molecular flexibility index (Phi) is 25.2. The zero-order chi connectivity index (χ0) is 3.58. The van der Waals surface area contributed by atoms with Crippen LogP contribution in [0, 0.1) is 0 Å². The first-order valence-corrected chi connectivity index (χ1v) is 0.612. The van der Waals surface area contributed by atoms with E-state index in [-0.39, 0.29) is 65.0 Å². The van der Waals surface area contributed by atoms with Crippen LogP contribution in [0.3, 0.4) is 0 Å². The number of hydrogen-bond acceptors (Lipinski definition) is 3. The van der Waals surface area contributed by atoms with Crippen molar-refractivity contribution in [2.75, 3.05) is 0 Å². The summed E-state index contributed by atoms with van der Waals surface area (Å²) in [5, 5.41) is 16.7. The molecule has 5 heteroatoms. The second-order valence-corrected chi connectivity index (χ2v) is 0.250. The van der Waals surface area contributed by atoms with Crippen molar-refractivity contribution in [3.63, 3.8) is 0 Å². The second-order valence-electron chi connectivity index (χ2n) is 0.250. The molecule has 0 spiro atoms. The van der Waals surface area contributed by atoms with E-state index in [1.165, 1.54) is 0 Å². The third kappa shape index (κ3) is 51.3. The molecule has 0 rings (SSSR count). The summed E-state index contributed by atoms with van der Waals surface area (Å²) in [4.78, 5) is 8.33. The van der Waals surface area contributed by atoms with Gasteiger partial charge in [0.2, 0.25) is 0 Å². The quantitative estimate of drug-likeness (QED) is 0.432. The molecule has 0 aromatic heterocycles. The van der Waals surface area contributed by atoms with E-state index >= 15 is 0 Å². The van der Waals surface area contributed by atoms with Gasteiger partial charge in [0.25, 0.3) is 0 Å². The summed E-state index contributed by atoms with van der Waals surface area (Å²) in [6.45, 7) is 0. The van der Waals surface area contributed by atoms with Gasteiger partial charge >= 0.3 is 65.0 Å². The van der Waals surface area contributed by atoms with Crippen molar-refractivity contribution in [1.82, 2.24) is 0 Å². The van der Waals surface area contributed by atoms with Crippen LogP contribution in [0.5, 0.6) is 0 Å². The number of carbonyl (C=O) groups is 1. The molecule has 0 amide bonds. The molecule has 30 valence electrons. The van der Waals surface area contributed by atoms with Gasteiger partial charge in [0.15, 0.2) is 0 Å². The van der Waals surface area contributed by atoms with Gasteiger partial charge in [0.05, 0.1) is 0 Å². The Hall–Kier alpha value is 1.45. The topological polar surface area (TPSA) is 63.2 Å². The molecule has 0 aromatic carbocycles. The van der Waals surface area contributed by atoms with Crippen molar-refractivity contribution in [3.8, 4) is 0 Å². The van der Waals surface area contributed by atoms with Gasteiger partial charge in [-0.3, -0.25) is 0 Å². The molecule has 0 heterocycles. The normalized spacial score (nSPS) is 4.00. The van der Waals surface area contributed by atoms with Gasteiger partial charge < -0.3 is 15.0 Å². The van der Waals surface area contributed by atoms with Crippen molar-refractivity contribution in [1.29, 1.82) is 0 Å². The summed E-state index contributed by atoms with van der Waals surface area (Å²) < 4.78 is 0. The summed E-state index contributed by atoms with van der Waals surface area (Å²) in [6.07, 6.45) is -2.33. The van der Waals surface area contributed by atoms with Crippen LogP contribution in [0.15, 0.2) is 0 Å². The van der Waals surface area contributed by atoms with Crippen LogP contribution in [-0.2, 0) is 0 Å². The van der Waals surface area contributed by atoms with Gasteiger partial charge in [-0.25, -0.2) is 0 Å². The predicted octanol–water partition coefficient (Wildman–Crippen LogP) is -3.74. The molecule has 0 unspecified atom stereocenters. The fourth-order valence-electron chi connectivity index (χ4n) is 0. The Balaban J connectivity index is -0.0000000450. The molecule has 0 bridgehead atoms. The van der Waals surface area contributed by atoms with Gasteiger partial charge in [-0.2, -0.15) is 0 Å². The van der Waals surface area contributed by atoms with Crippen molar-refractivity contribution in [2.45, 2.75) is 0 Å². The van der Waals surface area contributed by atoms with Crippen LogP contribution >= 0.6 is 0 Å². The van der Waals surface area contributed by atoms with Crippen molar-refractivity contribution in [3.05, 3.63) is 0 Å². The molecule has 0 fully saturated rings. The molecule has 0 aliphatic carbocycles. The maximum absolute atomic E-state index is 8.33. The Labute approximate surface area is 84.9 Å². The van der Waals surface area contributed by atoms with Crippen LogP contribution in [0.1, 0.15) is 0 Å². The van der Waals surface area contributed by atoms with Gasteiger partial charge in [0.1, 0.15) is 0 Å². The standard InChI is InChI=1S/CH2O3.Ca.Pb.2H/c2-1(3)4;;;;/h(H2,2,3,4);;;;/q;+2;;;/p-2. The number of rotatable bonds is 0. The van der Waals surface area contributed by atoms with Gasteiger partial charge in [-0.05, 0) is 6.16 Å². The molecule has 0 N–H and O–H groups in total. The maximum atomic E-state index is 8.33. The van der Waals surface area contributed by atoms with Crippen molar-refractivity contribution in [2.24, 2.45) is 0 Å². The number of carbonyl (C=O) groups excluding carboxylic acids is 1. The molecule has 3 nitrogen and oxygen atoms in total. The minimum absolute atomic E-state index is 0. The summed E-state index contributed by atoms with van der Waals surface area (Å²) in [5.74, 6) is 0. The monoisotopic (exact) mass is 310 g/mol. The SMILES string of the molecule is O=C([O-])[O-].[Ca+2].[PbH2]. The van der Waals surface area contributed by atoms with E-state index < -0.39 is 6.16 Å². The summed E-state index contributed by atoms with van der Waals surface area (Å²) in [7, 11) is 0. The van der Waals surface area contributed by atoms with Crippen LogP contribution in [0.25, 0.3) is 0 Å². The molecule has 2 radical (unpaired) electrons. The molecular formula is CH2CaO3Pb. The fraction of sp³-hybridized carbons (Fsp3) is 0. The summed E-state index contributed by atoms with van der Waals surface area (Å²) >= 11 is 0. The van der Waals surface area contributed by atoms with Gasteiger partial charge in [-0.15, -0.1) is 0 Å². The molecular weight excluding hydrogens is 307 g/mol. The second kappa shape index (κ2) is 9.68. The molecule has 0 aromatic rings. The van der Waals surface area contributed by atoms with Crippen LogP contribution in [0.2, 0.25) is 0 Å². The number of carboxylic acid groups (broad SMARTS) is 2. The van der Waals surface area contributed by atoms with Crippen LogP contribution in [0.4, 0.5) is 4.79 Å². The summed E-state index contributed by atoms with van der Waals surface area (Å²) in [5.41, 5.74) is 0. The molecule has 0 atom stereocenters. The summed E-state index contributed by atoms with van der Waals surface area (Å²) in [6, 6.07) is 0. The third-order valence-corrected chi connectivity index (χ3v) is 0. The Bertz CT molecular complexity index is 33.8. The van der Waals surface area contributed by atoms with E-state index in [2.05, 4.69) is 0 Å². The van der Waals surface area contributed by atoms with E-state index in [1.54, 1.807) is 0 Å². The molecule has 0 saturated carbocycles. The van der Waals surface area contributed by atoms with Crippen molar-refractivity contribution >= 4 is 71.2 Å². The molecule has 0 saturated heterocycles.